The summed E-state index contributed by atoms with van der Waals surface area (Å²) in [6.07, 6.45) is 11.8. The Bertz CT molecular complexity index is 867. The van der Waals surface area contributed by atoms with E-state index in [1.165, 1.54) is 24.2 Å². The highest BCUT2D eigenvalue weighted by Crippen LogP contribution is 2.58. The minimum Gasteiger partial charge on any atom is -0.467 e. The summed E-state index contributed by atoms with van der Waals surface area (Å²) in [5.41, 5.74) is -0.938. The Morgan fingerprint density at radius 2 is 1.74 bits per heavy atom. The van der Waals surface area contributed by atoms with Gasteiger partial charge in [0, 0.05) is 5.54 Å². The van der Waals surface area contributed by atoms with Gasteiger partial charge in [0.25, 0.3) is 5.91 Å². The molecule has 4 bridgehead atoms. The van der Waals surface area contributed by atoms with Crippen molar-refractivity contribution in [2.24, 2.45) is 17.8 Å². The van der Waals surface area contributed by atoms with Crippen molar-refractivity contribution >= 4 is 17.8 Å². The molecule has 6 fully saturated rings. The highest BCUT2D eigenvalue weighted by molar-refractivity contribution is 6.09. The van der Waals surface area contributed by atoms with E-state index < -0.39 is 11.6 Å². The van der Waals surface area contributed by atoms with E-state index in [1.54, 1.807) is 6.26 Å². The maximum Gasteiger partial charge on any atom is 0.325 e. The van der Waals surface area contributed by atoms with E-state index in [2.05, 4.69) is 5.32 Å². The second kappa shape index (κ2) is 6.84. The van der Waals surface area contributed by atoms with Crippen LogP contribution in [0.1, 0.15) is 70.0 Å². The minimum absolute atomic E-state index is 0.128. The van der Waals surface area contributed by atoms with Crippen molar-refractivity contribution in [2.75, 3.05) is 6.54 Å². The number of imide groups is 1. The average Bonchev–Trinajstić information content (AvgIpc) is 3.44. The maximum atomic E-state index is 13.7. The van der Waals surface area contributed by atoms with E-state index in [-0.39, 0.29) is 23.9 Å². The predicted molar refractivity (Wildman–Crippen MR) is 112 cm³/mol. The molecule has 2 heterocycles. The van der Waals surface area contributed by atoms with Crippen LogP contribution in [0.15, 0.2) is 22.8 Å². The van der Waals surface area contributed by atoms with Crippen molar-refractivity contribution in [2.45, 2.75) is 81.8 Å². The third-order valence-electron chi connectivity index (χ3n) is 8.77. The van der Waals surface area contributed by atoms with Gasteiger partial charge in [0.05, 0.1) is 12.8 Å². The number of carbonyl (C=O) groups excluding carboxylic acids is 3. The highest BCUT2D eigenvalue weighted by Gasteiger charge is 2.56. The Kier molecular flexibility index (Phi) is 4.28. The number of urea groups is 1. The zero-order valence-electron chi connectivity index (χ0n) is 18.0. The van der Waals surface area contributed by atoms with Crippen LogP contribution in [0.2, 0.25) is 0 Å². The second-order valence-corrected chi connectivity index (χ2v) is 10.8. The number of furan rings is 1. The summed E-state index contributed by atoms with van der Waals surface area (Å²) in [6.45, 7) is 0.238. The van der Waals surface area contributed by atoms with Gasteiger partial charge in [-0.2, -0.15) is 0 Å². The lowest BCUT2D eigenvalue weighted by atomic mass is 9.52. The molecule has 0 atom stereocenters. The van der Waals surface area contributed by atoms with E-state index in [0.29, 0.717) is 37.1 Å². The van der Waals surface area contributed by atoms with E-state index >= 15 is 0 Å². The zero-order chi connectivity index (χ0) is 21.2. The van der Waals surface area contributed by atoms with Crippen molar-refractivity contribution in [3.8, 4) is 0 Å². The lowest BCUT2D eigenvalue weighted by Gasteiger charge is -2.60. The fourth-order valence-electron chi connectivity index (χ4n) is 7.83. The number of rotatable bonds is 5. The van der Waals surface area contributed by atoms with Gasteiger partial charge >= 0.3 is 6.03 Å². The normalized spacial score (nSPS) is 35.2. The summed E-state index contributed by atoms with van der Waals surface area (Å²) in [6, 6.07) is 3.34. The van der Waals surface area contributed by atoms with Crippen LogP contribution in [0.5, 0.6) is 0 Å². The molecule has 5 aliphatic carbocycles. The van der Waals surface area contributed by atoms with Gasteiger partial charge in [0.1, 0.15) is 17.8 Å². The molecule has 7 rings (SSSR count). The van der Waals surface area contributed by atoms with Crippen LogP contribution in [0.25, 0.3) is 0 Å². The molecule has 1 spiro atoms. The fourth-order valence-corrected chi connectivity index (χ4v) is 7.83. The smallest absolute Gasteiger partial charge is 0.325 e. The van der Waals surface area contributed by atoms with Crippen LogP contribution in [0, 0.1) is 17.8 Å². The molecular formula is C24H31N3O4. The Hall–Kier alpha value is -2.31. The van der Waals surface area contributed by atoms with E-state index in [9.17, 15) is 14.4 Å². The third-order valence-corrected chi connectivity index (χ3v) is 8.77. The summed E-state index contributed by atoms with van der Waals surface area (Å²) in [7, 11) is 0. The molecular weight excluding hydrogens is 394 g/mol. The van der Waals surface area contributed by atoms with Crippen molar-refractivity contribution in [1.29, 1.82) is 0 Å². The van der Waals surface area contributed by atoms with Gasteiger partial charge in [-0.15, -0.1) is 0 Å². The number of nitrogens with one attached hydrogen (secondary N) is 1. The molecule has 0 aromatic carbocycles. The molecule has 7 nitrogen and oxygen atoms in total. The maximum absolute atomic E-state index is 13.7. The summed E-state index contributed by atoms with van der Waals surface area (Å²) in [5.74, 6) is 2.49. The van der Waals surface area contributed by atoms with Gasteiger partial charge in [-0.1, -0.05) is 12.8 Å². The number of amides is 4. The number of nitrogens with zero attached hydrogens (tertiary/aromatic N) is 2. The second-order valence-electron chi connectivity index (χ2n) is 10.8. The zero-order valence-corrected chi connectivity index (χ0v) is 18.0. The van der Waals surface area contributed by atoms with Crippen LogP contribution in [0.4, 0.5) is 4.79 Å². The summed E-state index contributed by atoms with van der Waals surface area (Å²) in [4.78, 5) is 42.7. The molecule has 0 radical (unpaired) electrons. The first-order valence-corrected chi connectivity index (χ1v) is 11.9. The molecule has 31 heavy (non-hydrogen) atoms. The summed E-state index contributed by atoms with van der Waals surface area (Å²) < 4.78 is 5.61. The molecule has 5 saturated carbocycles. The standard InChI is InChI=1S/C24H31N3O4/c28-20(15-26-21(29)24(25-22(26)30)5-1-2-6-24)27(14-19-4-3-7-31-19)23-11-16-8-17(12-23)10-18(9-16)13-23/h3-4,7,16-18H,1-2,5-6,8-15H2,(H,25,30). The molecule has 6 aliphatic rings. The van der Waals surface area contributed by atoms with E-state index in [0.717, 1.165) is 37.9 Å². The molecule has 0 unspecified atom stereocenters. The van der Waals surface area contributed by atoms with Crippen molar-refractivity contribution in [3.05, 3.63) is 24.2 Å². The van der Waals surface area contributed by atoms with Crippen LogP contribution in [-0.2, 0) is 16.1 Å². The molecule has 1 aliphatic heterocycles. The quantitative estimate of drug-likeness (QED) is 0.733. The lowest BCUT2D eigenvalue weighted by molar-refractivity contribution is -0.155. The number of hydrogen-bond acceptors (Lipinski definition) is 4. The highest BCUT2D eigenvalue weighted by atomic mass is 16.3. The van der Waals surface area contributed by atoms with Gasteiger partial charge in [0.2, 0.25) is 5.91 Å². The number of hydrogen-bond donors (Lipinski definition) is 1. The molecule has 1 saturated heterocycles. The Balaban J connectivity index is 1.27. The van der Waals surface area contributed by atoms with Crippen molar-refractivity contribution in [3.63, 3.8) is 0 Å². The Morgan fingerprint density at radius 1 is 1.10 bits per heavy atom. The monoisotopic (exact) mass is 425 g/mol. The van der Waals surface area contributed by atoms with E-state index in [4.69, 9.17) is 4.42 Å². The molecule has 1 aromatic heterocycles. The fraction of sp³-hybridized carbons (Fsp3) is 0.708. The van der Waals surface area contributed by atoms with Gasteiger partial charge in [-0.05, 0) is 81.3 Å². The molecule has 1 aromatic rings. The third kappa shape index (κ3) is 3.03. The molecule has 7 heteroatoms. The Labute approximate surface area is 182 Å². The van der Waals surface area contributed by atoms with Gasteiger partial charge in [-0.25, -0.2) is 4.79 Å². The lowest BCUT2D eigenvalue weighted by Crippen LogP contribution is -2.62. The molecule has 166 valence electrons. The molecule has 4 amide bonds. The number of carbonyl (C=O) groups is 3. The SMILES string of the molecule is O=C1NC2(CCCC2)C(=O)N1CC(=O)N(Cc1ccco1)C12CC3CC(CC(C3)C1)C2. The topological polar surface area (TPSA) is 82.9 Å². The Morgan fingerprint density at radius 3 is 2.32 bits per heavy atom. The van der Waals surface area contributed by atoms with Crippen LogP contribution in [0.3, 0.4) is 0 Å². The minimum atomic E-state index is -0.774. The van der Waals surface area contributed by atoms with Gasteiger partial charge < -0.3 is 14.6 Å². The average molecular weight is 426 g/mol. The predicted octanol–water partition coefficient (Wildman–Crippen LogP) is 3.44. The first-order valence-electron chi connectivity index (χ1n) is 11.9. The first kappa shape index (κ1) is 19.4. The van der Waals surface area contributed by atoms with E-state index in [1.807, 2.05) is 17.0 Å². The molecule has 1 N–H and O–H groups in total. The van der Waals surface area contributed by atoms with Gasteiger partial charge in [-0.3, -0.25) is 14.5 Å². The summed E-state index contributed by atoms with van der Waals surface area (Å²) in [5, 5.41) is 2.90. The van der Waals surface area contributed by atoms with Crippen molar-refractivity contribution in [1.82, 2.24) is 15.1 Å². The van der Waals surface area contributed by atoms with Crippen LogP contribution >= 0.6 is 0 Å². The van der Waals surface area contributed by atoms with Crippen LogP contribution < -0.4 is 5.32 Å². The first-order chi connectivity index (χ1) is 15.0. The van der Waals surface area contributed by atoms with Crippen LogP contribution in [-0.4, -0.2) is 45.3 Å². The van der Waals surface area contributed by atoms with Crippen molar-refractivity contribution < 1.29 is 18.8 Å². The summed E-state index contributed by atoms with van der Waals surface area (Å²) >= 11 is 0. The largest absolute Gasteiger partial charge is 0.467 e. The van der Waals surface area contributed by atoms with Gasteiger partial charge in [0.15, 0.2) is 0 Å².